The second kappa shape index (κ2) is 12.4. The Bertz CT molecular complexity index is 1090. The number of alkyl carbamates (subject to hydrolysis) is 1. The molecule has 0 aromatic heterocycles. The Hall–Kier alpha value is -3.20. The molecule has 202 valence electrons. The number of aromatic hydroxyl groups is 1. The summed E-state index contributed by atoms with van der Waals surface area (Å²) in [6, 6.07) is 12.2. The average Bonchev–Trinajstić information content (AvgIpc) is 2.79. The van der Waals surface area contributed by atoms with Crippen molar-refractivity contribution < 1.29 is 24.2 Å². The lowest BCUT2D eigenvalue weighted by atomic mass is 9.94. The molecule has 3 amide bonds. The van der Waals surface area contributed by atoms with Crippen LogP contribution < -0.4 is 10.6 Å². The highest BCUT2D eigenvalue weighted by Crippen LogP contribution is 2.32. The van der Waals surface area contributed by atoms with E-state index in [-0.39, 0.29) is 18.0 Å². The van der Waals surface area contributed by atoms with E-state index < -0.39 is 41.1 Å². The lowest BCUT2D eigenvalue weighted by Crippen LogP contribution is -2.59. The number of rotatable bonds is 8. The minimum atomic E-state index is -1.04. The summed E-state index contributed by atoms with van der Waals surface area (Å²) in [5.74, 6) is -0.801. The number of thiol groups is 1. The Morgan fingerprint density at radius 3 is 2.16 bits per heavy atom. The van der Waals surface area contributed by atoms with E-state index in [4.69, 9.17) is 4.74 Å². The van der Waals surface area contributed by atoms with Gasteiger partial charge in [-0.1, -0.05) is 36.4 Å². The summed E-state index contributed by atoms with van der Waals surface area (Å²) < 4.78 is 5.33. The molecule has 0 saturated carbocycles. The van der Waals surface area contributed by atoms with Crippen LogP contribution in [0.15, 0.2) is 48.5 Å². The largest absolute Gasteiger partial charge is 0.508 e. The quantitative estimate of drug-likeness (QED) is 0.377. The molecule has 2 aromatic rings. The zero-order chi connectivity index (χ0) is 28.0. The van der Waals surface area contributed by atoms with Gasteiger partial charge in [0.1, 0.15) is 23.4 Å². The number of hydrogen-bond donors (Lipinski definition) is 4. The van der Waals surface area contributed by atoms with Crippen molar-refractivity contribution in [1.82, 2.24) is 15.5 Å². The lowest BCUT2D eigenvalue weighted by molar-refractivity contribution is -0.148. The molecule has 9 heteroatoms. The second-order valence-corrected chi connectivity index (χ2v) is 11.3. The van der Waals surface area contributed by atoms with Crippen LogP contribution in [0.4, 0.5) is 4.79 Å². The molecule has 0 aliphatic heterocycles. The Labute approximate surface area is 225 Å². The monoisotopic (exact) mass is 529 g/mol. The van der Waals surface area contributed by atoms with Gasteiger partial charge in [0.25, 0.3) is 0 Å². The van der Waals surface area contributed by atoms with Crippen LogP contribution in [-0.2, 0) is 20.9 Å². The third-order valence-corrected chi connectivity index (χ3v) is 5.85. The van der Waals surface area contributed by atoms with E-state index in [1.54, 1.807) is 39.8 Å². The molecule has 0 radical (unpaired) electrons. The highest BCUT2D eigenvalue weighted by molar-refractivity contribution is 7.80. The van der Waals surface area contributed by atoms with Crippen LogP contribution in [-0.4, -0.2) is 50.8 Å². The van der Waals surface area contributed by atoms with Gasteiger partial charge in [-0.15, -0.1) is 0 Å². The van der Waals surface area contributed by atoms with E-state index in [1.165, 1.54) is 11.0 Å². The Morgan fingerprint density at radius 2 is 1.65 bits per heavy atom. The van der Waals surface area contributed by atoms with Gasteiger partial charge < -0.3 is 25.4 Å². The Morgan fingerprint density at radius 1 is 1.03 bits per heavy atom. The molecule has 37 heavy (non-hydrogen) atoms. The molecule has 0 fully saturated rings. The Kier molecular flexibility index (Phi) is 10.0. The normalized spacial score (nSPS) is 13.3. The summed E-state index contributed by atoms with van der Waals surface area (Å²) in [7, 11) is 0. The van der Waals surface area contributed by atoms with Crippen molar-refractivity contribution in [3.05, 3.63) is 65.2 Å². The summed E-state index contributed by atoms with van der Waals surface area (Å²) in [6.45, 7) is 12.6. The number of nitrogens with one attached hydrogen (secondary N) is 2. The zero-order valence-corrected chi connectivity index (χ0v) is 23.6. The third-order valence-electron chi connectivity index (χ3n) is 5.48. The molecule has 3 N–H and O–H groups in total. The first kappa shape index (κ1) is 30.0. The van der Waals surface area contributed by atoms with Crippen molar-refractivity contribution in [3.63, 3.8) is 0 Å². The van der Waals surface area contributed by atoms with E-state index in [1.807, 2.05) is 51.1 Å². The fourth-order valence-corrected chi connectivity index (χ4v) is 4.04. The van der Waals surface area contributed by atoms with Gasteiger partial charge in [-0.2, -0.15) is 12.6 Å². The first-order valence-electron chi connectivity index (χ1n) is 12.2. The van der Waals surface area contributed by atoms with Gasteiger partial charge in [0.05, 0.1) is 0 Å². The van der Waals surface area contributed by atoms with E-state index in [2.05, 4.69) is 23.3 Å². The van der Waals surface area contributed by atoms with Gasteiger partial charge >= 0.3 is 6.09 Å². The highest BCUT2D eigenvalue weighted by Gasteiger charge is 2.41. The fourth-order valence-electron chi connectivity index (χ4n) is 3.80. The highest BCUT2D eigenvalue weighted by atomic mass is 32.1. The van der Waals surface area contributed by atoms with Gasteiger partial charge in [-0.3, -0.25) is 9.59 Å². The molecule has 2 atom stereocenters. The first-order valence-corrected chi connectivity index (χ1v) is 12.8. The van der Waals surface area contributed by atoms with Gasteiger partial charge in [0.15, 0.2) is 0 Å². The number of aryl methyl sites for hydroxylation is 1. The fraction of sp³-hybridized carbons (Fsp3) is 0.464. The summed E-state index contributed by atoms with van der Waals surface area (Å²) in [6.07, 6.45) is -0.751. The molecule has 0 heterocycles. The number of amides is 3. The number of phenolic OH excluding ortho intramolecular Hbond substituents is 1. The minimum absolute atomic E-state index is 0.00236. The molecule has 0 aliphatic rings. The number of carbonyl (C=O) groups excluding carboxylic acids is 3. The van der Waals surface area contributed by atoms with Crippen LogP contribution in [0.25, 0.3) is 0 Å². The SMILES string of the molecule is Cc1cc(C(C(=O)NCc2ccccc2)N(C(=O)C(CS)NC(=O)OC(C)(C)C)C(C)(C)C)ccc1O. The van der Waals surface area contributed by atoms with E-state index in [0.29, 0.717) is 11.1 Å². The van der Waals surface area contributed by atoms with Crippen molar-refractivity contribution in [2.75, 3.05) is 5.75 Å². The van der Waals surface area contributed by atoms with Crippen LogP contribution in [0.5, 0.6) is 5.75 Å². The molecular weight excluding hydrogens is 490 g/mol. The van der Waals surface area contributed by atoms with Crippen LogP contribution in [0.1, 0.15) is 64.3 Å². The molecular formula is C28H39N3O5S. The zero-order valence-electron chi connectivity index (χ0n) is 22.7. The smallest absolute Gasteiger partial charge is 0.408 e. The summed E-state index contributed by atoms with van der Waals surface area (Å²) in [5.41, 5.74) is 0.428. The Balaban J connectivity index is 2.49. The van der Waals surface area contributed by atoms with Crippen LogP contribution >= 0.6 is 12.6 Å². The second-order valence-electron chi connectivity index (χ2n) is 10.9. The number of ether oxygens (including phenoxy) is 1. The first-order chi connectivity index (χ1) is 17.1. The standard InChI is InChI=1S/C28H39N3O5S/c1-18-15-20(13-14-22(18)32)23(24(33)29-16-19-11-9-8-10-12-19)31(27(2,3)4)25(34)21(17-37)30-26(35)36-28(5,6)7/h8-15,21,23,32,37H,16-17H2,1-7H3,(H,29,33)(H,30,35). The molecule has 0 bridgehead atoms. The summed E-state index contributed by atoms with van der Waals surface area (Å²) >= 11 is 4.31. The van der Waals surface area contributed by atoms with E-state index in [9.17, 15) is 19.5 Å². The summed E-state index contributed by atoms with van der Waals surface area (Å²) in [4.78, 5) is 41.6. The lowest BCUT2D eigenvalue weighted by Gasteiger charge is -2.43. The summed E-state index contributed by atoms with van der Waals surface area (Å²) in [5, 5.41) is 15.6. The van der Waals surface area contributed by atoms with Crippen molar-refractivity contribution in [2.24, 2.45) is 0 Å². The average molecular weight is 530 g/mol. The maximum Gasteiger partial charge on any atom is 0.408 e. The maximum absolute atomic E-state index is 13.9. The van der Waals surface area contributed by atoms with Crippen molar-refractivity contribution in [3.8, 4) is 5.75 Å². The molecule has 2 aromatic carbocycles. The number of hydrogen-bond acceptors (Lipinski definition) is 6. The third kappa shape index (κ3) is 8.70. The van der Waals surface area contributed by atoms with Gasteiger partial charge in [-0.05, 0) is 77.3 Å². The predicted molar refractivity (Wildman–Crippen MR) is 147 cm³/mol. The van der Waals surface area contributed by atoms with E-state index in [0.717, 1.165) is 5.56 Å². The minimum Gasteiger partial charge on any atom is -0.508 e. The molecule has 0 spiro atoms. The number of phenols is 1. The van der Waals surface area contributed by atoms with Gasteiger partial charge in [0.2, 0.25) is 11.8 Å². The van der Waals surface area contributed by atoms with Crippen LogP contribution in [0.2, 0.25) is 0 Å². The van der Waals surface area contributed by atoms with Crippen molar-refractivity contribution in [2.45, 2.75) is 78.2 Å². The molecule has 2 rings (SSSR count). The number of benzene rings is 2. The molecule has 0 aliphatic carbocycles. The number of nitrogens with zero attached hydrogens (tertiary/aromatic N) is 1. The van der Waals surface area contributed by atoms with E-state index >= 15 is 0 Å². The number of carbonyl (C=O) groups is 3. The molecule has 2 unspecified atom stereocenters. The predicted octanol–water partition coefficient (Wildman–Crippen LogP) is 4.51. The van der Waals surface area contributed by atoms with Crippen molar-refractivity contribution in [1.29, 1.82) is 0 Å². The van der Waals surface area contributed by atoms with Crippen LogP contribution in [0.3, 0.4) is 0 Å². The van der Waals surface area contributed by atoms with Gasteiger partial charge in [-0.25, -0.2) is 4.79 Å². The molecule has 0 saturated heterocycles. The molecule has 8 nitrogen and oxygen atoms in total. The van der Waals surface area contributed by atoms with Crippen LogP contribution in [0, 0.1) is 6.92 Å². The topological polar surface area (TPSA) is 108 Å². The van der Waals surface area contributed by atoms with Crippen molar-refractivity contribution >= 4 is 30.5 Å². The van der Waals surface area contributed by atoms with Gasteiger partial charge in [0, 0.05) is 17.8 Å². The maximum atomic E-state index is 13.9.